The minimum absolute atomic E-state index is 0.0660. The molecule has 0 fully saturated rings. The van der Waals surface area contributed by atoms with Crippen molar-refractivity contribution in [3.63, 3.8) is 0 Å². The van der Waals surface area contributed by atoms with E-state index in [1.54, 1.807) is 18.2 Å². The second-order valence-corrected chi connectivity index (χ2v) is 4.61. The van der Waals surface area contributed by atoms with Gasteiger partial charge in [-0.05, 0) is 18.6 Å². The van der Waals surface area contributed by atoms with Crippen LogP contribution in [0.15, 0.2) is 33.5 Å². The topological polar surface area (TPSA) is 65.5 Å². The van der Waals surface area contributed by atoms with E-state index in [1.807, 2.05) is 0 Å². The molecule has 0 atom stereocenters. The Hall–Kier alpha value is -1.88. The van der Waals surface area contributed by atoms with Crippen LogP contribution in [0.5, 0.6) is 5.75 Å². The van der Waals surface area contributed by atoms with Crippen LogP contribution in [0.25, 0.3) is 11.0 Å². The summed E-state index contributed by atoms with van der Waals surface area (Å²) < 4.78 is 11.1. The van der Waals surface area contributed by atoms with E-state index in [0.29, 0.717) is 23.3 Å². The summed E-state index contributed by atoms with van der Waals surface area (Å²) in [6.07, 6.45) is 1.97. The zero-order chi connectivity index (χ0) is 13.8. The van der Waals surface area contributed by atoms with Crippen LogP contribution < -0.4 is 15.9 Å². The van der Waals surface area contributed by atoms with Gasteiger partial charge in [0.05, 0.1) is 6.61 Å². The van der Waals surface area contributed by atoms with Crippen molar-refractivity contribution in [2.24, 2.45) is 5.73 Å². The van der Waals surface area contributed by atoms with Crippen LogP contribution >= 0.6 is 12.2 Å². The molecule has 0 radical (unpaired) electrons. The van der Waals surface area contributed by atoms with E-state index in [9.17, 15) is 4.79 Å². The average Bonchev–Trinajstić information content (AvgIpc) is 2.38. The number of ether oxygens (including phenoxy) is 1. The minimum Gasteiger partial charge on any atom is -0.493 e. The van der Waals surface area contributed by atoms with Crippen LogP contribution in [0.4, 0.5) is 0 Å². The van der Waals surface area contributed by atoms with E-state index < -0.39 is 0 Å². The number of fused-ring (bicyclic) bond motifs is 1. The number of hydrogen-bond acceptors (Lipinski definition) is 4. The summed E-state index contributed by atoms with van der Waals surface area (Å²) in [5.41, 5.74) is 5.71. The summed E-state index contributed by atoms with van der Waals surface area (Å²) in [4.78, 5) is 12.2. The molecule has 0 unspecified atom stereocenters. The fourth-order valence-corrected chi connectivity index (χ4v) is 1.85. The maximum atomic E-state index is 12.1. The zero-order valence-electron chi connectivity index (χ0n) is 10.6. The predicted molar refractivity (Wildman–Crippen MR) is 78.8 cm³/mol. The van der Waals surface area contributed by atoms with Crippen LogP contribution in [0, 0.1) is 0 Å². The molecule has 2 rings (SSSR count). The van der Waals surface area contributed by atoms with E-state index in [2.05, 4.69) is 6.92 Å². The molecule has 0 bridgehead atoms. The molecule has 2 N–H and O–H groups in total. The number of thiocarbonyl (C=S) groups is 1. The van der Waals surface area contributed by atoms with E-state index in [0.717, 1.165) is 12.8 Å². The van der Waals surface area contributed by atoms with Crippen molar-refractivity contribution < 1.29 is 9.15 Å². The highest BCUT2D eigenvalue weighted by Crippen LogP contribution is 2.23. The Morgan fingerprint density at radius 2 is 2.26 bits per heavy atom. The Kier molecular flexibility index (Phi) is 4.16. The first kappa shape index (κ1) is 13.5. The van der Waals surface area contributed by atoms with Gasteiger partial charge in [0.1, 0.15) is 21.7 Å². The fourth-order valence-electron chi connectivity index (χ4n) is 1.75. The van der Waals surface area contributed by atoms with Gasteiger partial charge >= 0.3 is 0 Å². The Balaban J connectivity index is 2.50. The van der Waals surface area contributed by atoms with Gasteiger partial charge in [-0.25, -0.2) is 0 Å². The lowest BCUT2D eigenvalue weighted by atomic mass is 10.2. The highest BCUT2D eigenvalue weighted by molar-refractivity contribution is 7.80. The molecule has 0 saturated carbocycles. The number of unbranched alkanes of at least 4 members (excludes halogenated alkanes) is 1. The number of rotatable bonds is 5. The maximum absolute atomic E-state index is 12.1. The van der Waals surface area contributed by atoms with Gasteiger partial charge in [0.2, 0.25) is 0 Å². The highest BCUT2D eigenvalue weighted by Gasteiger charge is 2.11. The van der Waals surface area contributed by atoms with Crippen LogP contribution in [-0.4, -0.2) is 11.6 Å². The molecular weight excluding hydrogens is 262 g/mol. The molecule has 1 heterocycles. The van der Waals surface area contributed by atoms with Crippen molar-refractivity contribution in [2.45, 2.75) is 19.8 Å². The van der Waals surface area contributed by atoms with Gasteiger partial charge in [-0.2, -0.15) is 0 Å². The van der Waals surface area contributed by atoms with Crippen LogP contribution in [-0.2, 0) is 0 Å². The second-order valence-electron chi connectivity index (χ2n) is 4.17. The molecule has 0 aliphatic heterocycles. The zero-order valence-corrected chi connectivity index (χ0v) is 11.5. The standard InChI is InChI=1S/C14H15NO3S/c1-2-3-7-17-10-5-4-6-11-13(10)9(16)8-12(18-11)14(15)19/h4-6,8H,2-3,7H2,1H3,(H2,15,19). The quantitative estimate of drug-likeness (QED) is 0.672. The van der Waals surface area contributed by atoms with Crippen molar-refractivity contribution in [1.29, 1.82) is 0 Å². The molecule has 2 aromatic rings. The SMILES string of the molecule is CCCCOc1cccc2oc(C(N)=S)cc(=O)c12. The average molecular weight is 277 g/mol. The van der Waals surface area contributed by atoms with Crippen LogP contribution in [0.2, 0.25) is 0 Å². The second kappa shape index (κ2) is 5.84. The van der Waals surface area contributed by atoms with Gasteiger partial charge in [0, 0.05) is 6.07 Å². The lowest BCUT2D eigenvalue weighted by molar-refractivity contribution is 0.312. The number of nitrogens with two attached hydrogens (primary N) is 1. The van der Waals surface area contributed by atoms with Crippen LogP contribution in [0.1, 0.15) is 25.5 Å². The maximum Gasteiger partial charge on any atom is 0.197 e. The van der Waals surface area contributed by atoms with Gasteiger partial charge in [-0.3, -0.25) is 4.79 Å². The molecule has 0 aliphatic rings. The normalized spacial score (nSPS) is 10.6. The molecule has 1 aromatic carbocycles. The monoisotopic (exact) mass is 277 g/mol. The summed E-state index contributed by atoms with van der Waals surface area (Å²) in [6.45, 7) is 2.65. The molecule has 0 spiro atoms. The van der Waals surface area contributed by atoms with Gasteiger partial charge in [-0.15, -0.1) is 0 Å². The summed E-state index contributed by atoms with van der Waals surface area (Å²) >= 11 is 4.82. The molecule has 4 nitrogen and oxygen atoms in total. The summed E-state index contributed by atoms with van der Waals surface area (Å²) in [5.74, 6) is 0.757. The molecule has 0 aliphatic carbocycles. The van der Waals surface area contributed by atoms with Crippen molar-refractivity contribution in [3.8, 4) is 5.75 Å². The Labute approximate surface area is 116 Å². The number of hydrogen-bond donors (Lipinski definition) is 1. The smallest absolute Gasteiger partial charge is 0.197 e. The fraction of sp³-hybridized carbons (Fsp3) is 0.286. The third kappa shape index (κ3) is 2.93. The molecular formula is C14H15NO3S. The van der Waals surface area contributed by atoms with Gasteiger partial charge in [0.25, 0.3) is 0 Å². The molecule has 0 amide bonds. The van der Waals surface area contributed by atoms with E-state index in [-0.39, 0.29) is 16.2 Å². The molecule has 1 aromatic heterocycles. The van der Waals surface area contributed by atoms with Gasteiger partial charge in [0.15, 0.2) is 11.2 Å². The Morgan fingerprint density at radius 1 is 1.47 bits per heavy atom. The van der Waals surface area contributed by atoms with Crippen molar-refractivity contribution >= 4 is 28.2 Å². The molecule has 19 heavy (non-hydrogen) atoms. The van der Waals surface area contributed by atoms with Crippen LogP contribution in [0.3, 0.4) is 0 Å². The van der Waals surface area contributed by atoms with Crippen molar-refractivity contribution in [3.05, 3.63) is 40.2 Å². The third-order valence-electron chi connectivity index (χ3n) is 2.71. The predicted octanol–water partition coefficient (Wildman–Crippen LogP) is 2.61. The molecule has 100 valence electrons. The van der Waals surface area contributed by atoms with Gasteiger partial charge < -0.3 is 14.9 Å². The molecule has 5 heteroatoms. The Morgan fingerprint density at radius 3 is 2.95 bits per heavy atom. The van der Waals surface area contributed by atoms with Crippen molar-refractivity contribution in [1.82, 2.24) is 0 Å². The number of benzene rings is 1. The third-order valence-corrected chi connectivity index (χ3v) is 2.92. The largest absolute Gasteiger partial charge is 0.493 e. The summed E-state index contributed by atoms with van der Waals surface area (Å²) in [6, 6.07) is 6.54. The van der Waals surface area contributed by atoms with E-state index in [4.69, 9.17) is 27.1 Å². The summed E-state index contributed by atoms with van der Waals surface area (Å²) in [5, 5.41) is 0.429. The first-order valence-corrected chi connectivity index (χ1v) is 6.53. The van der Waals surface area contributed by atoms with Crippen molar-refractivity contribution in [2.75, 3.05) is 6.61 Å². The lowest BCUT2D eigenvalue weighted by Gasteiger charge is -2.08. The van der Waals surface area contributed by atoms with E-state index in [1.165, 1.54) is 6.07 Å². The summed E-state index contributed by atoms with van der Waals surface area (Å²) in [7, 11) is 0. The van der Waals surface area contributed by atoms with Gasteiger partial charge in [-0.1, -0.05) is 31.6 Å². The molecule has 0 saturated heterocycles. The minimum atomic E-state index is -0.198. The Bertz CT molecular complexity index is 663. The first-order valence-electron chi connectivity index (χ1n) is 6.13. The lowest BCUT2D eigenvalue weighted by Crippen LogP contribution is -2.13. The highest BCUT2D eigenvalue weighted by atomic mass is 32.1. The van der Waals surface area contributed by atoms with E-state index >= 15 is 0 Å². The first-order chi connectivity index (χ1) is 9.13.